The summed E-state index contributed by atoms with van der Waals surface area (Å²) < 4.78 is 4.40. The first kappa shape index (κ1) is 19.2. The van der Waals surface area contributed by atoms with E-state index in [0.717, 1.165) is 19.2 Å². The number of benzene rings is 1. The number of ether oxygens (including phenoxy) is 1. The predicted molar refractivity (Wildman–Crippen MR) is 82.0 cm³/mol. The van der Waals surface area contributed by atoms with E-state index in [1.54, 1.807) is 0 Å². The number of nitro groups is 3. The molecule has 0 aliphatic heterocycles. The number of nitro benzene ring substituents is 2. The van der Waals surface area contributed by atoms with E-state index >= 15 is 0 Å². The topological polar surface area (TPSA) is 180 Å². The molecule has 13 nitrogen and oxygen atoms in total. The van der Waals surface area contributed by atoms with Gasteiger partial charge in [-0.1, -0.05) is 0 Å². The fourth-order valence-corrected chi connectivity index (χ4v) is 1.88. The van der Waals surface area contributed by atoms with E-state index in [4.69, 9.17) is 0 Å². The largest absolute Gasteiger partial charge is 0.468 e. The standard InChI is InChI=1S/C10H10BrN5O8/c1-24-10(17)8(9(11)16(22)23)13-12-6-3-2-5(14(18)19)4-7(6)15(20)21/h2-4,8-9,12-13H,1H3. The van der Waals surface area contributed by atoms with Crippen LogP contribution in [0.2, 0.25) is 0 Å². The van der Waals surface area contributed by atoms with Crippen LogP contribution in [0, 0.1) is 30.3 Å². The van der Waals surface area contributed by atoms with Gasteiger partial charge in [0.25, 0.3) is 10.6 Å². The lowest BCUT2D eigenvalue weighted by Crippen LogP contribution is -2.49. The first-order valence-electron chi connectivity index (χ1n) is 5.98. The van der Waals surface area contributed by atoms with Crippen LogP contribution < -0.4 is 10.9 Å². The average molecular weight is 408 g/mol. The molecule has 14 heteroatoms. The Hall–Kier alpha value is -2.87. The average Bonchev–Trinajstić information content (AvgIpc) is 2.53. The van der Waals surface area contributed by atoms with Crippen molar-refractivity contribution < 1.29 is 24.3 Å². The molecule has 0 spiro atoms. The maximum atomic E-state index is 11.6. The second-order valence-electron chi connectivity index (χ2n) is 4.14. The molecule has 130 valence electrons. The third-order valence-electron chi connectivity index (χ3n) is 2.68. The molecule has 0 saturated carbocycles. The van der Waals surface area contributed by atoms with E-state index in [0.29, 0.717) is 6.07 Å². The molecule has 1 aromatic carbocycles. The van der Waals surface area contributed by atoms with Crippen molar-refractivity contribution in [2.45, 2.75) is 11.0 Å². The quantitative estimate of drug-likeness (QED) is 0.207. The molecule has 0 aromatic heterocycles. The normalized spacial score (nSPS) is 12.8. The third-order valence-corrected chi connectivity index (χ3v) is 3.55. The summed E-state index contributed by atoms with van der Waals surface area (Å²) in [6.07, 6.45) is 0. The van der Waals surface area contributed by atoms with E-state index in [1.807, 2.05) is 0 Å². The van der Waals surface area contributed by atoms with Gasteiger partial charge in [-0.25, -0.2) is 10.2 Å². The summed E-state index contributed by atoms with van der Waals surface area (Å²) in [6.45, 7) is 0. The second-order valence-corrected chi connectivity index (χ2v) is 5.08. The van der Waals surface area contributed by atoms with Gasteiger partial charge in [-0.05, 0) is 22.0 Å². The Morgan fingerprint density at radius 3 is 2.29 bits per heavy atom. The van der Waals surface area contributed by atoms with Crippen LogP contribution in [0.15, 0.2) is 18.2 Å². The number of methoxy groups -OCH3 is 1. The molecule has 2 unspecified atom stereocenters. The van der Waals surface area contributed by atoms with Crippen LogP contribution >= 0.6 is 15.9 Å². The summed E-state index contributed by atoms with van der Waals surface area (Å²) in [6, 6.07) is 1.19. The smallest absolute Gasteiger partial charge is 0.332 e. The molecule has 1 aromatic rings. The van der Waals surface area contributed by atoms with Crippen molar-refractivity contribution in [1.29, 1.82) is 0 Å². The van der Waals surface area contributed by atoms with E-state index in [-0.39, 0.29) is 5.69 Å². The zero-order valence-electron chi connectivity index (χ0n) is 11.9. The number of nitrogens with zero attached hydrogens (tertiary/aromatic N) is 3. The highest BCUT2D eigenvalue weighted by Crippen LogP contribution is 2.28. The Balaban J connectivity index is 3.06. The van der Waals surface area contributed by atoms with Crippen LogP contribution in [0.4, 0.5) is 17.1 Å². The number of hydrazine groups is 1. The van der Waals surface area contributed by atoms with Crippen LogP contribution in [0.3, 0.4) is 0 Å². The van der Waals surface area contributed by atoms with Crippen molar-refractivity contribution in [3.05, 3.63) is 48.5 Å². The molecule has 0 aliphatic carbocycles. The van der Waals surface area contributed by atoms with Gasteiger partial charge < -0.3 is 10.2 Å². The monoisotopic (exact) mass is 407 g/mol. The van der Waals surface area contributed by atoms with Gasteiger partial charge in [-0.2, -0.15) is 0 Å². The molecule has 2 atom stereocenters. The molecule has 0 heterocycles. The predicted octanol–water partition coefficient (Wildman–Crippen LogP) is 0.959. The lowest BCUT2D eigenvalue weighted by Gasteiger charge is -2.17. The number of anilines is 1. The highest BCUT2D eigenvalue weighted by Gasteiger charge is 2.36. The SMILES string of the molecule is COC(=O)C(NNc1ccc([N+](=O)[O-])cc1[N+](=O)[O-])C(Br)[N+](=O)[O-]. The number of esters is 1. The molecule has 0 radical (unpaired) electrons. The van der Waals surface area contributed by atoms with Gasteiger partial charge in [0.1, 0.15) is 5.69 Å². The van der Waals surface area contributed by atoms with Crippen molar-refractivity contribution in [2.75, 3.05) is 12.5 Å². The third kappa shape index (κ3) is 4.56. The molecule has 2 N–H and O–H groups in total. The van der Waals surface area contributed by atoms with Crippen molar-refractivity contribution >= 4 is 39.0 Å². The Labute approximate surface area is 141 Å². The van der Waals surface area contributed by atoms with Gasteiger partial charge in [0, 0.05) is 11.0 Å². The minimum atomic E-state index is -1.59. The minimum absolute atomic E-state index is 0.234. The Kier molecular flexibility index (Phi) is 6.48. The molecule has 1 rings (SSSR count). The van der Waals surface area contributed by atoms with Gasteiger partial charge in [0.15, 0.2) is 0 Å². The fourth-order valence-electron chi connectivity index (χ4n) is 1.53. The molecular formula is C10H10BrN5O8. The number of hydrogen-bond donors (Lipinski definition) is 2. The van der Waals surface area contributed by atoms with Crippen LogP contribution in [0.25, 0.3) is 0 Å². The van der Waals surface area contributed by atoms with Crippen molar-refractivity contribution in [3.63, 3.8) is 0 Å². The Morgan fingerprint density at radius 1 is 1.21 bits per heavy atom. The molecular weight excluding hydrogens is 398 g/mol. The highest BCUT2D eigenvalue weighted by molar-refractivity contribution is 9.09. The van der Waals surface area contributed by atoms with E-state index in [2.05, 4.69) is 31.5 Å². The molecule has 0 bridgehead atoms. The van der Waals surface area contributed by atoms with Crippen molar-refractivity contribution in [2.24, 2.45) is 0 Å². The Bertz CT molecular complexity index is 683. The van der Waals surface area contributed by atoms with Crippen molar-refractivity contribution in [3.8, 4) is 0 Å². The summed E-state index contributed by atoms with van der Waals surface area (Å²) in [5.41, 5.74) is 3.08. The summed E-state index contributed by atoms with van der Waals surface area (Å²) in [7, 11) is 1.00. The van der Waals surface area contributed by atoms with Gasteiger partial charge in [-0.15, -0.1) is 0 Å². The van der Waals surface area contributed by atoms with Crippen LogP contribution in [0.1, 0.15) is 0 Å². The Morgan fingerprint density at radius 2 is 1.83 bits per heavy atom. The van der Waals surface area contributed by atoms with Gasteiger partial charge in [-0.3, -0.25) is 30.3 Å². The zero-order chi connectivity index (χ0) is 18.4. The minimum Gasteiger partial charge on any atom is -0.468 e. The van der Waals surface area contributed by atoms with Gasteiger partial charge in [0.05, 0.1) is 23.0 Å². The molecule has 0 amide bonds. The lowest BCUT2D eigenvalue weighted by atomic mass is 10.2. The maximum absolute atomic E-state index is 11.6. The maximum Gasteiger partial charge on any atom is 0.332 e. The zero-order valence-corrected chi connectivity index (χ0v) is 13.5. The van der Waals surface area contributed by atoms with E-state index in [1.165, 1.54) is 0 Å². The first-order valence-corrected chi connectivity index (χ1v) is 6.90. The summed E-state index contributed by atoms with van der Waals surface area (Å²) in [5.74, 6) is -1.01. The van der Waals surface area contributed by atoms with Crippen LogP contribution in [-0.2, 0) is 9.53 Å². The number of rotatable bonds is 8. The van der Waals surface area contributed by atoms with Crippen LogP contribution in [-0.4, -0.2) is 38.8 Å². The summed E-state index contributed by atoms with van der Waals surface area (Å²) >= 11 is 2.68. The number of carbonyl (C=O) groups is 1. The summed E-state index contributed by atoms with van der Waals surface area (Å²) in [5, 5.41) is 32.4. The number of alkyl halides is 1. The molecule has 0 fully saturated rings. The molecule has 24 heavy (non-hydrogen) atoms. The molecule has 0 saturated heterocycles. The summed E-state index contributed by atoms with van der Waals surface area (Å²) in [4.78, 5) is 39.8. The van der Waals surface area contributed by atoms with E-state index in [9.17, 15) is 35.1 Å². The number of nitrogens with one attached hydrogen (secondary N) is 2. The second kappa shape index (κ2) is 8.11. The number of carbonyl (C=O) groups excluding carboxylic acids is 1. The van der Waals surface area contributed by atoms with Gasteiger partial charge in [0.2, 0.25) is 6.04 Å². The van der Waals surface area contributed by atoms with Crippen molar-refractivity contribution in [1.82, 2.24) is 5.43 Å². The van der Waals surface area contributed by atoms with Crippen LogP contribution in [0.5, 0.6) is 0 Å². The number of halogens is 1. The lowest BCUT2D eigenvalue weighted by molar-refractivity contribution is -0.494. The van der Waals surface area contributed by atoms with E-state index < -0.39 is 43.1 Å². The number of non-ortho nitro benzene ring substituents is 1. The fraction of sp³-hybridized carbons (Fsp3) is 0.300. The van der Waals surface area contributed by atoms with Gasteiger partial charge >= 0.3 is 11.7 Å². The first-order chi connectivity index (χ1) is 11.2. The highest BCUT2D eigenvalue weighted by atomic mass is 79.9. The molecule has 0 aliphatic rings. The number of hydrogen-bond acceptors (Lipinski definition) is 10.